The maximum absolute atomic E-state index is 12.3. The molecule has 1 heterocycles. The number of benzene rings is 1. The molecule has 2 rings (SSSR count). The molecule has 0 radical (unpaired) electrons. The lowest BCUT2D eigenvalue weighted by Crippen LogP contribution is -2.59. The molecule has 1 unspecified atom stereocenters. The van der Waals surface area contributed by atoms with E-state index in [4.69, 9.17) is 16.7 Å². The van der Waals surface area contributed by atoms with Gasteiger partial charge in [0.15, 0.2) is 0 Å². The van der Waals surface area contributed by atoms with E-state index in [1.165, 1.54) is 18.2 Å². The standard InChI is InChI=1S/C12H10BrClN2O4/c13-7-3-6(1-2-8(7)14)11(18)16-5-10(17)15-4-9(16)12(19)20/h1-3,9H,4-5H2,(H,15,17)(H,19,20). The molecule has 1 aliphatic heterocycles. The first kappa shape index (κ1) is 14.8. The zero-order valence-electron chi connectivity index (χ0n) is 10.1. The quantitative estimate of drug-likeness (QED) is 0.827. The molecule has 1 aromatic rings. The van der Waals surface area contributed by atoms with E-state index in [0.717, 1.165) is 4.90 Å². The molecular formula is C12H10BrClN2O4. The van der Waals surface area contributed by atoms with E-state index >= 15 is 0 Å². The number of carbonyl (C=O) groups is 3. The van der Waals surface area contributed by atoms with Crippen molar-refractivity contribution in [2.75, 3.05) is 13.1 Å². The number of piperazine rings is 1. The Morgan fingerprint density at radius 3 is 2.75 bits per heavy atom. The number of hydrogen-bond donors (Lipinski definition) is 2. The third kappa shape index (κ3) is 2.94. The SMILES string of the molecule is O=C1CN(C(=O)c2ccc(Cl)c(Br)c2)C(C(=O)O)CN1. The van der Waals surface area contributed by atoms with Gasteiger partial charge in [0.05, 0.1) is 5.02 Å². The van der Waals surface area contributed by atoms with Gasteiger partial charge in [-0.2, -0.15) is 0 Å². The molecule has 0 bridgehead atoms. The summed E-state index contributed by atoms with van der Waals surface area (Å²) in [6.07, 6.45) is 0. The fourth-order valence-electron chi connectivity index (χ4n) is 1.87. The van der Waals surface area contributed by atoms with E-state index in [-0.39, 0.29) is 24.6 Å². The van der Waals surface area contributed by atoms with Gasteiger partial charge in [-0.05, 0) is 34.1 Å². The molecule has 1 atom stereocenters. The highest BCUT2D eigenvalue weighted by Gasteiger charge is 2.35. The summed E-state index contributed by atoms with van der Waals surface area (Å²) in [4.78, 5) is 35.9. The highest BCUT2D eigenvalue weighted by atomic mass is 79.9. The molecule has 0 aliphatic carbocycles. The van der Waals surface area contributed by atoms with Gasteiger partial charge < -0.3 is 15.3 Å². The second-order valence-electron chi connectivity index (χ2n) is 4.22. The van der Waals surface area contributed by atoms with Crippen LogP contribution in [0.4, 0.5) is 0 Å². The summed E-state index contributed by atoms with van der Waals surface area (Å²) in [6.45, 7) is -0.384. The number of nitrogens with zero attached hydrogens (tertiary/aromatic N) is 1. The van der Waals surface area contributed by atoms with Gasteiger partial charge in [-0.1, -0.05) is 11.6 Å². The molecule has 0 aromatic heterocycles. The molecule has 6 nitrogen and oxygen atoms in total. The Morgan fingerprint density at radius 1 is 1.45 bits per heavy atom. The van der Waals surface area contributed by atoms with Crippen LogP contribution in [0.5, 0.6) is 0 Å². The van der Waals surface area contributed by atoms with Gasteiger partial charge in [0.2, 0.25) is 5.91 Å². The summed E-state index contributed by atoms with van der Waals surface area (Å²) in [7, 11) is 0. The van der Waals surface area contributed by atoms with Crippen molar-refractivity contribution in [1.29, 1.82) is 0 Å². The van der Waals surface area contributed by atoms with Gasteiger partial charge in [-0.25, -0.2) is 4.79 Å². The lowest BCUT2D eigenvalue weighted by atomic mass is 10.1. The smallest absolute Gasteiger partial charge is 0.328 e. The van der Waals surface area contributed by atoms with Crippen LogP contribution in [-0.2, 0) is 9.59 Å². The van der Waals surface area contributed by atoms with Gasteiger partial charge >= 0.3 is 5.97 Å². The first-order chi connectivity index (χ1) is 9.40. The maximum Gasteiger partial charge on any atom is 0.328 e. The Hall–Kier alpha value is -1.60. The van der Waals surface area contributed by atoms with Crippen LogP contribution in [0.25, 0.3) is 0 Å². The van der Waals surface area contributed by atoms with Crippen molar-refractivity contribution >= 4 is 45.3 Å². The minimum absolute atomic E-state index is 0.103. The Morgan fingerprint density at radius 2 is 2.15 bits per heavy atom. The fourth-order valence-corrected chi connectivity index (χ4v) is 2.37. The number of nitrogens with one attached hydrogen (secondary N) is 1. The van der Waals surface area contributed by atoms with E-state index in [1.54, 1.807) is 0 Å². The van der Waals surface area contributed by atoms with E-state index in [2.05, 4.69) is 21.2 Å². The van der Waals surface area contributed by atoms with Crippen LogP contribution >= 0.6 is 27.5 Å². The molecule has 20 heavy (non-hydrogen) atoms. The van der Waals surface area contributed by atoms with Gasteiger partial charge in [0, 0.05) is 16.6 Å². The molecule has 1 aromatic carbocycles. The average Bonchev–Trinajstić information content (AvgIpc) is 2.40. The lowest BCUT2D eigenvalue weighted by molar-refractivity contribution is -0.144. The molecule has 2 amide bonds. The monoisotopic (exact) mass is 360 g/mol. The van der Waals surface area contributed by atoms with Crippen LogP contribution in [-0.4, -0.2) is 46.9 Å². The van der Waals surface area contributed by atoms with Crippen LogP contribution in [0, 0.1) is 0 Å². The Balaban J connectivity index is 2.31. The van der Waals surface area contributed by atoms with Crippen LogP contribution in [0.1, 0.15) is 10.4 Å². The third-order valence-corrected chi connectivity index (χ3v) is 4.11. The molecule has 1 saturated heterocycles. The number of carboxylic acid groups (broad SMARTS) is 1. The lowest BCUT2D eigenvalue weighted by Gasteiger charge is -2.32. The van der Waals surface area contributed by atoms with Crippen LogP contribution in [0.15, 0.2) is 22.7 Å². The van der Waals surface area contributed by atoms with Crippen molar-refractivity contribution in [2.24, 2.45) is 0 Å². The number of carbonyl (C=O) groups excluding carboxylic acids is 2. The van der Waals surface area contributed by atoms with E-state index < -0.39 is 17.9 Å². The number of amides is 2. The normalized spacial score (nSPS) is 18.6. The molecule has 106 valence electrons. The van der Waals surface area contributed by atoms with Crippen LogP contribution < -0.4 is 5.32 Å². The molecule has 1 aliphatic rings. The highest BCUT2D eigenvalue weighted by molar-refractivity contribution is 9.10. The number of hydrogen-bond acceptors (Lipinski definition) is 3. The van der Waals surface area contributed by atoms with Crippen molar-refractivity contribution < 1.29 is 19.5 Å². The van der Waals surface area contributed by atoms with Crippen molar-refractivity contribution in [3.63, 3.8) is 0 Å². The second-order valence-corrected chi connectivity index (χ2v) is 5.48. The van der Waals surface area contributed by atoms with Crippen LogP contribution in [0.3, 0.4) is 0 Å². The number of carboxylic acids is 1. The van der Waals surface area contributed by atoms with E-state index in [9.17, 15) is 14.4 Å². The molecule has 8 heteroatoms. The summed E-state index contributed by atoms with van der Waals surface area (Å²) in [6, 6.07) is 3.44. The minimum atomic E-state index is -1.16. The van der Waals surface area contributed by atoms with E-state index in [0.29, 0.717) is 9.50 Å². The Labute approximate surface area is 127 Å². The second kappa shape index (κ2) is 5.80. The van der Waals surface area contributed by atoms with Gasteiger partial charge in [-0.15, -0.1) is 0 Å². The summed E-state index contributed by atoms with van der Waals surface area (Å²) < 4.78 is 0.526. The minimum Gasteiger partial charge on any atom is -0.480 e. The van der Waals surface area contributed by atoms with Gasteiger partial charge in [-0.3, -0.25) is 9.59 Å². The molecule has 2 N–H and O–H groups in total. The summed E-state index contributed by atoms with van der Waals surface area (Å²) in [5.74, 6) is -2.07. The predicted octanol–water partition coefficient (Wildman–Crippen LogP) is 1.13. The Kier molecular flexibility index (Phi) is 4.29. The molecule has 1 fully saturated rings. The highest BCUT2D eigenvalue weighted by Crippen LogP contribution is 2.24. The topological polar surface area (TPSA) is 86.7 Å². The number of rotatable bonds is 2. The van der Waals surface area contributed by atoms with Crippen molar-refractivity contribution in [1.82, 2.24) is 10.2 Å². The zero-order valence-corrected chi connectivity index (χ0v) is 12.4. The molecule has 0 saturated carbocycles. The van der Waals surface area contributed by atoms with Crippen molar-refractivity contribution in [3.05, 3.63) is 33.3 Å². The zero-order chi connectivity index (χ0) is 14.9. The summed E-state index contributed by atoms with van der Waals surface area (Å²) in [5, 5.41) is 12.0. The molecular weight excluding hydrogens is 351 g/mol. The molecule has 0 spiro atoms. The van der Waals surface area contributed by atoms with Gasteiger partial charge in [0.25, 0.3) is 5.91 Å². The summed E-state index contributed by atoms with van der Waals surface area (Å²) >= 11 is 9.04. The van der Waals surface area contributed by atoms with Gasteiger partial charge in [0.1, 0.15) is 12.6 Å². The van der Waals surface area contributed by atoms with Crippen LogP contribution in [0.2, 0.25) is 5.02 Å². The summed E-state index contributed by atoms with van der Waals surface area (Å²) in [5.41, 5.74) is 0.266. The third-order valence-electron chi connectivity index (χ3n) is 2.90. The first-order valence-electron chi connectivity index (χ1n) is 5.65. The fraction of sp³-hybridized carbons (Fsp3) is 0.250. The average molecular weight is 362 g/mol. The van der Waals surface area contributed by atoms with Crippen molar-refractivity contribution in [2.45, 2.75) is 6.04 Å². The number of aliphatic carboxylic acids is 1. The predicted molar refractivity (Wildman–Crippen MR) is 74.6 cm³/mol. The first-order valence-corrected chi connectivity index (χ1v) is 6.83. The number of halogens is 2. The van der Waals surface area contributed by atoms with E-state index in [1.807, 2.05) is 0 Å². The Bertz CT molecular complexity index is 593. The van der Waals surface area contributed by atoms with Crippen molar-refractivity contribution in [3.8, 4) is 0 Å². The maximum atomic E-state index is 12.3. The largest absolute Gasteiger partial charge is 0.480 e.